The highest BCUT2D eigenvalue weighted by Gasteiger charge is 2.34. The minimum absolute atomic E-state index is 0.264. The number of para-hydroxylation sites is 1. The molecule has 0 bridgehead atoms. The SMILES string of the molecule is CC1=C(C(=O)Nc2ccccc2)[C@H](c2ccc(C)o2)n2c(s/c(=C/c3ccccc3Cl)c2=O)=N1. The predicted octanol–water partition coefficient (Wildman–Crippen LogP) is 4.43. The topological polar surface area (TPSA) is 76.6 Å². The van der Waals surface area contributed by atoms with Crippen LogP contribution in [-0.2, 0) is 4.79 Å². The molecule has 0 unspecified atom stereocenters. The fraction of sp³-hybridized carbons (Fsp3) is 0.115. The summed E-state index contributed by atoms with van der Waals surface area (Å²) in [7, 11) is 0. The lowest BCUT2D eigenvalue weighted by atomic mass is 10.00. The average molecular weight is 490 g/mol. The highest BCUT2D eigenvalue weighted by atomic mass is 35.5. The van der Waals surface area contributed by atoms with E-state index in [-0.39, 0.29) is 11.5 Å². The van der Waals surface area contributed by atoms with Crippen LogP contribution in [0.25, 0.3) is 6.08 Å². The van der Waals surface area contributed by atoms with Crippen LogP contribution in [0.3, 0.4) is 0 Å². The first-order valence-electron chi connectivity index (χ1n) is 10.6. The largest absolute Gasteiger partial charge is 0.464 e. The summed E-state index contributed by atoms with van der Waals surface area (Å²) in [6, 6.07) is 19.3. The molecule has 34 heavy (non-hydrogen) atoms. The van der Waals surface area contributed by atoms with Crippen LogP contribution in [0.15, 0.2) is 92.2 Å². The van der Waals surface area contributed by atoms with Crippen molar-refractivity contribution in [1.29, 1.82) is 0 Å². The summed E-state index contributed by atoms with van der Waals surface area (Å²) in [4.78, 5) is 32.1. The van der Waals surface area contributed by atoms with E-state index in [4.69, 9.17) is 16.0 Å². The highest BCUT2D eigenvalue weighted by molar-refractivity contribution is 7.07. The molecule has 4 aromatic rings. The molecule has 0 spiro atoms. The molecule has 0 radical (unpaired) electrons. The van der Waals surface area contributed by atoms with Crippen molar-refractivity contribution in [2.24, 2.45) is 4.99 Å². The predicted molar refractivity (Wildman–Crippen MR) is 134 cm³/mol. The Hall–Kier alpha value is -3.68. The van der Waals surface area contributed by atoms with Gasteiger partial charge < -0.3 is 9.73 Å². The third kappa shape index (κ3) is 4.04. The van der Waals surface area contributed by atoms with Crippen molar-refractivity contribution in [2.45, 2.75) is 19.9 Å². The smallest absolute Gasteiger partial charge is 0.271 e. The lowest BCUT2D eigenvalue weighted by Crippen LogP contribution is -2.40. The maximum Gasteiger partial charge on any atom is 0.271 e. The van der Waals surface area contributed by atoms with Gasteiger partial charge >= 0.3 is 0 Å². The number of furan rings is 1. The number of halogens is 1. The van der Waals surface area contributed by atoms with Gasteiger partial charge in [0.05, 0.1) is 15.8 Å². The third-order valence-electron chi connectivity index (χ3n) is 5.52. The van der Waals surface area contributed by atoms with E-state index in [0.29, 0.717) is 42.8 Å². The van der Waals surface area contributed by atoms with Crippen LogP contribution in [0.1, 0.15) is 30.0 Å². The number of aromatic nitrogens is 1. The van der Waals surface area contributed by atoms with E-state index >= 15 is 0 Å². The van der Waals surface area contributed by atoms with Crippen LogP contribution in [-0.4, -0.2) is 10.5 Å². The molecule has 1 N–H and O–H groups in total. The average Bonchev–Trinajstić information content (AvgIpc) is 3.38. The Morgan fingerprint density at radius 3 is 2.53 bits per heavy atom. The van der Waals surface area contributed by atoms with Crippen molar-refractivity contribution >= 4 is 40.6 Å². The van der Waals surface area contributed by atoms with E-state index < -0.39 is 6.04 Å². The molecule has 8 heteroatoms. The Morgan fingerprint density at radius 2 is 1.82 bits per heavy atom. The molecular weight excluding hydrogens is 470 g/mol. The number of rotatable bonds is 4. The second-order valence-electron chi connectivity index (χ2n) is 7.87. The van der Waals surface area contributed by atoms with Crippen LogP contribution < -0.4 is 20.2 Å². The number of carbonyl (C=O) groups is 1. The lowest BCUT2D eigenvalue weighted by Gasteiger charge is -2.23. The first-order valence-corrected chi connectivity index (χ1v) is 11.8. The van der Waals surface area contributed by atoms with Crippen molar-refractivity contribution in [3.8, 4) is 0 Å². The normalized spacial score (nSPS) is 15.7. The molecule has 0 fully saturated rings. The molecule has 5 rings (SSSR count). The number of nitrogens with one attached hydrogen (secondary N) is 1. The second-order valence-corrected chi connectivity index (χ2v) is 9.29. The van der Waals surface area contributed by atoms with E-state index in [2.05, 4.69) is 10.3 Å². The molecule has 1 atom stereocenters. The van der Waals surface area contributed by atoms with Gasteiger partial charge in [-0.2, -0.15) is 0 Å². The number of aryl methyl sites for hydroxylation is 1. The summed E-state index contributed by atoms with van der Waals surface area (Å²) in [6.07, 6.45) is 1.75. The molecular formula is C26H20ClN3O3S. The Labute approximate surface area is 204 Å². The van der Waals surface area contributed by atoms with E-state index in [9.17, 15) is 9.59 Å². The van der Waals surface area contributed by atoms with Gasteiger partial charge in [0.2, 0.25) is 0 Å². The number of nitrogens with zero attached hydrogens (tertiary/aromatic N) is 2. The van der Waals surface area contributed by atoms with Crippen LogP contribution in [0.5, 0.6) is 0 Å². The molecule has 0 saturated carbocycles. The minimum atomic E-state index is -0.748. The number of benzene rings is 2. The Kier molecular flexibility index (Phi) is 5.81. The Bertz CT molecular complexity index is 1610. The molecule has 2 aromatic heterocycles. The molecule has 1 amide bonds. The number of allylic oxidation sites excluding steroid dienone is 1. The van der Waals surface area contributed by atoms with Gasteiger partial charge in [0.15, 0.2) is 4.80 Å². The number of anilines is 1. The van der Waals surface area contributed by atoms with Crippen LogP contribution in [0.2, 0.25) is 5.02 Å². The zero-order valence-electron chi connectivity index (χ0n) is 18.4. The van der Waals surface area contributed by atoms with Gasteiger partial charge in [-0.3, -0.25) is 14.2 Å². The van der Waals surface area contributed by atoms with E-state index in [1.807, 2.05) is 49.4 Å². The minimum Gasteiger partial charge on any atom is -0.464 e. The first-order chi connectivity index (χ1) is 16.4. The standard InChI is InChI=1S/C26H20ClN3O3S/c1-15-12-13-20(33-15)23-22(24(31)29-18-9-4-3-5-10-18)16(2)28-26-30(23)25(32)21(34-26)14-17-8-6-7-11-19(17)27/h3-14,23H,1-2H3,(H,29,31)/b21-14+/t23-/m0/s1. The number of hydrogen-bond donors (Lipinski definition) is 1. The quantitative estimate of drug-likeness (QED) is 0.460. The van der Waals surface area contributed by atoms with Gasteiger partial charge in [-0.25, -0.2) is 4.99 Å². The monoisotopic (exact) mass is 489 g/mol. The molecule has 6 nitrogen and oxygen atoms in total. The van der Waals surface area contributed by atoms with Crippen LogP contribution >= 0.6 is 22.9 Å². The highest BCUT2D eigenvalue weighted by Crippen LogP contribution is 2.31. The first kappa shape index (κ1) is 22.1. The van der Waals surface area contributed by atoms with Crippen LogP contribution in [0.4, 0.5) is 5.69 Å². The fourth-order valence-corrected chi connectivity index (χ4v) is 5.16. The molecule has 0 aliphatic carbocycles. The van der Waals surface area contributed by atoms with E-state index in [1.54, 1.807) is 37.3 Å². The van der Waals surface area contributed by atoms with Crippen molar-refractivity contribution in [3.63, 3.8) is 0 Å². The molecule has 3 heterocycles. The number of hydrogen-bond acceptors (Lipinski definition) is 5. The summed E-state index contributed by atoms with van der Waals surface area (Å²) in [6.45, 7) is 3.60. The Balaban J connectivity index is 1.68. The maximum atomic E-state index is 13.6. The molecule has 1 aliphatic heterocycles. The molecule has 0 saturated heterocycles. The van der Waals surface area contributed by atoms with Gasteiger partial charge in [0.1, 0.15) is 17.6 Å². The summed E-state index contributed by atoms with van der Waals surface area (Å²) in [5.74, 6) is 0.841. The van der Waals surface area contributed by atoms with Gasteiger partial charge in [0.25, 0.3) is 11.5 Å². The van der Waals surface area contributed by atoms with Crippen molar-refractivity contribution in [1.82, 2.24) is 4.57 Å². The fourth-order valence-electron chi connectivity index (χ4n) is 3.93. The van der Waals surface area contributed by atoms with Gasteiger partial charge in [0, 0.05) is 10.7 Å². The maximum absolute atomic E-state index is 13.6. The van der Waals surface area contributed by atoms with Crippen LogP contribution in [0, 0.1) is 6.92 Å². The number of amides is 1. The Morgan fingerprint density at radius 1 is 1.09 bits per heavy atom. The van der Waals surface area contributed by atoms with Gasteiger partial charge in [-0.1, -0.05) is 59.3 Å². The molecule has 170 valence electrons. The summed E-state index contributed by atoms with van der Waals surface area (Å²) in [5.41, 5.74) is 2.00. The second kappa shape index (κ2) is 8.93. The summed E-state index contributed by atoms with van der Waals surface area (Å²) < 4.78 is 7.91. The number of carbonyl (C=O) groups excluding carboxylic acids is 1. The van der Waals surface area contributed by atoms with E-state index in [0.717, 1.165) is 5.56 Å². The summed E-state index contributed by atoms with van der Waals surface area (Å²) in [5, 5.41) is 3.46. The zero-order valence-corrected chi connectivity index (χ0v) is 20.0. The van der Waals surface area contributed by atoms with Crippen molar-refractivity contribution < 1.29 is 9.21 Å². The van der Waals surface area contributed by atoms with Crippen molar-refractivity contribution in [3.05, 3.63) is 120 Å². The van der Waals surface area contributed by atoms with Gasteiger partial charge in [-0.05, 0) is 55.8 Å². The zero-order chi connectivity index (χ0) is 23.8. The van der Waals surface area contributed by atoms with Crippen molar-refractivity contribution in [2.75, 3.05) is 5.32 Å². The third-order valence-corrected chi connectivity index (χ3v) is 6.85. The summed E-state index contributed by atoms with van der Waals surface area (Å²) >= 11 is 7.56. The van der Waals surface area contributed by atoms with Gasteiger partial charge in [-0.15, -0.1) is 0 Å². The number of fused-ring (bicyclic) bond motifs is 1. The molecule has 2 aromatic carbocycles. The molecule has 1 aliphatic rings. The van der Waals surface area contributed by atoms with E-state index in [1.165, 1.54) is 15.9 Å². The lowest BCUT2D eigenvalue weighted by molar-refractivity contribution is -0.113. The number of thiazole rings is 1.